The highest BCUT2D eigenvalue weighted by molar-refractivity contribution is 8.22. The molecule has 0 radical (unpaired) electrons. The summed E-state index contributed by atoms with van der Waals surface area (Å²) in [6.07, 6.45) is 2.36. The molecular formula is C23H27ClN4O5S. The summed E-state index contributed by atoms with van der Waals surface area (Å²) in [6, 6.07) is 9.97. The predicted molar refractivity (Wildman–Crippen MR) is 130 cm³/mol. The number of nitrogens with one attached hydrogen (secondary N) is 1. The third-order valence-corrected chi connectivity index (χ3v) is 9.22. The summed E-state index contributed by atoms with van der Waals surface area (Å²) in [5.74, 6) is -0.399. The van der Waals surface area contributed by atoms with Crippen LogP contribution in [0.15, 0.2) is 41.2 Å². The van der Waals surface area contributed by atoms with Crippen LogP contribution in [0.4, 0.5) is 0 Å². The van der Waals surface area contributed by atoms with Crippen LogP contribution < -0.4 is 10.9 Å². The number of hydrogen-bond acceptors (Lipinski definition) is 6. The minimum atomic E-state index is -2.77. The first-order valence-corrected chi connectivity index (χ1v) is 13.3. The number of carbonyl (C=O) groups excluding carboxylic acids is 2. The summed E-state index contributed by atoms with van der Waals surface area (Å²) >= 11 is 5.88. The second kappa shape index (κ2) is 8.69. The van der Waals surface area contributed by atoms with Crippen molar-refractivity contribution in [3.63, 3.8) is 0 Å². The molecule has 0 unspecified atom stereocenters. The molecule has 34 heavy (non-hydrogen) atoms. The Bertz CT molecular complexity index is 1190. The molecule has 2 aromatic rings. The number of hydrogen-bond donors (Lipinski definition) is 3. The zero-order chi connectivity index (χ0) is 24.1. The number of amides is 2. The molecule has 0 bridgehead atoms. The zero-order valence-corrected chi connectivity index (χ0v) is 20.1. The fraction of sp³-hybridized carbons (Fsp3) is 0.435. The van der Waals surface area contributed by atoms with Gasteiger partial charge >= 0.3 is 0 Å². The van der Waals surface area contributed by atoms with Crippen molar-refractivity contribution < 1.29 is 18.7 Å². The Hall–Kier alpha value is -2.37. The number of pyridine rings is 1. The molecule has 5 rings (SSSR count). The minimum absolute atomic E-state index is 0.0105. The van der Waals surface area contributed by atoms with Gasteiger partial charge in [0.15, 0.2) is 0 Å². The van der Waals surface area contributed by atoms with Gasteiger partial charge in [0.1, 0.15) is 11.3 Å². The van der Waals surface area contributed by atoms with Gasteiger partial charge < -0.3 is 14.8 Å². The van der Waals surface area contributed by atoms with Crippen molar-refractivity contribution in [1.82, 2.24) is 19.1 Å². The summed E-state index contributed by atoms with van der Waals surface area (Å²) in [5.41, 5.74) is 0.201. The number of nitrogens with zero attached hydrogens (tertiary/aromatic N) is 3. The van der Waals surface area contributed by atoms with Crippen LogP contribution in [-0.4, -0.2) is 65.6 Å². The van der Waals surface area contributed by atoms with Gasteiger partial charge in [-0.1, -0.05) is 23.7 Å². The SMILES string of the molecule is O=C(NCc1ccc(Cl)cc1)c1ccc2n(c1=O)CCN(CC1(N3CCCS3(O)O)CC1)C2=O. The number of halogens is 1. The Morgan fingerprint density at radius 3 is 2.44 bits per heavy atom. The van der Waals surface area contributed by atoms with E-state index >= 15 is 0 Å². The lowest BCUT2D eigenvalue weighted by Crippen LogP contribution is -2.52. The molecule has 1 saturated carbocycles. The van der Waals surface area contributed by atoms with E-state index in [0.29, 0.717) is 30.4 Å². The molecule has 3 N–H and O–H groups in total. The number of fused-ring (bicyclic) bond motifs is 1. The smallest absolute Gasteiger partial charge is 0.270 e. The first-order valence-electron chi connectivity index (χ1n) is 11.3. The second-order valence-corrected chi connectivity index (χ2v) is 11.7. The molecule has 2 aliphatic heterocycles. The van der Waals surface area contributed by atoms with E-state index in [4.69, 9.17) is 11.6 Å². The van der Waals surface area contributed by atoms with Crippen molar-refractivity contribution in [2.75, 3.05) is 25.4 Å². The third-order valence-electron chi connectivity index (χ3n) is 6.86. The van der Waals surface area contributed by atoms with Gasteiger partial charge in [-0.2, -0.15) is 4.31 Å². The summed E-state index contributed by atoms with van der Waals surface area (Å²) in [6.45, 7) is 1.89. The molecule has 1 aliphatic carbocycles. The molecule has 0 atom stereocenters. The average Bonchev–Trinajstić information content (AvgIpc) is 3.49. The highest BCUT2D eigenvalue weighted by Gasteiger charge is 2.55. The third kappa shape index (κ3) is 4.25. The number of aromatic nitrogens is 1. The van der Waals surface area contributed by atoms with Crippen LogP contribution in [0.3, 0.4) is 0 Å². The molecule has 1 saturated heterocycles. The van der Waals surface area contributed by atoms with Crippen LogP contribution in [0.5, 0.6) is 0 Å². The Labute approximate surface area is 203 Å². The van der Waals surface area contributed by atoms with Crippen molar-refractivity contribution in [3.05, 3.63) is 68.6 Å². The molecule has 3 heterocycles. The van der Waals surface area contributed by atoms with Crippen LogP contribution in [0.2, 0.25) is 5.02 Å². The van der Waals surface area contributed by atoms with Crippen LogP contribution in [0.1, 0.15) is 45.7 Å². The molecule has 1 aromatic heterocycles. The molecule has 182 valence electrons. The largest absolute Gasteiger partial charge is 0.348 e. The second-order valence-electron chi connectivity index (χ2n) is 9.14. The Morgan fingerprint density at radius 1 is 1.06 bits per heavy atom. The van der Waals surface area contributed by atoms with Gasteiger partial charge in [0.25, 0.3) is 17.4 Å². The monoisotopic (exact) mass is 506 g/mol. The van der Waals surface area contributed by atoms with E-state index in [0.717, 1.165) is 24.8 Å². The van der Waals surface area contributed by atoms with Gasteiger partial charge in [-0.05, 0) is 49.1 Å². The van der Waals surface area contributed by atoms with E-state index in [9.17, 15) is 23.5 Å². The van der Waals surface area contributed by atoms with Crippen molar-refractivity contribution in [2.24, 2.45) is 0 Å². The Morgan fingerprint density at radius 2 is 1.79 bits per heavy atom. The van der Waals surface area contributed by atoms with Crippen LogP contribution >= 0.6 is 22.4 Å². The maximum Gasteiger partial charge on any atom is 0.270 e. The average molecular weight is 507 g/mol. The van der Waals surface area contributed by atoms with E-state index in [1.54, 1.807) is 33.5 Å². The van der Waals surface area contributed by atoms with Gasteiger partial charge in [0.2, 0.25) is 0 Å². The van der Waals surface area contributed by atoms with Crippen molar-refractivity contribution >= 4 is 34.2 Å². The molecular weight excluding hydrogens is 480 g/mol. The summed E-state index contributed by atoms with van der Waals surface area (Å²) in [4.78, 5) is 40.5. The zero-order valence-electron chi connectivity index (χ0n) is 18.6. The van der Waals surface area contributed by atoms with Crippen LogP contribution in [0, 0.1) is 0 Å². The Balaban J connectivity index is 1.29. The number of benzene rings is 1. The maximum atomic E-state index is 13.2. The van der Waals surface area contributed by atoms with E-state index in [1.165, 1.54) is 16.7 Å². The molecule has 9 nitrogen and oxygen atoms in total. The van der Waals surface area contributed by atoms with Gasteiger partial charge in [-0.25, -0.2) is 0 Å². The van der Waals surface area contributed by atoms with Crippen LogP contribution in [-0.2, 0) is 13.1 Å². The van der Waals surface area contributed by atoms with Gasteiger partial charge in [0, 0.05) is 37.7 Å². The Kier molecular flexibility index (Phi) is 5.97. The van der Waals surface area contributed by atoms with E-state index in [1.807, 2.05) is 0 Å². The molecule has 3 aliphatic rings. The predicted octanol–water partition coefficient (Wildman–Crippen LogP) is 2.79. The summed E-state index contributed by atoms with van der Waals surface area (Å²) in [5, 5.41) is 3.34. The molecule has 2 amide bonds. The van der Waals surface area contributed by atoms with Crippen LogP contribution in [0.25, 0.3) is 0 Å². The van der Waals surface area contributed by atoms with Gasteiger partial charge in [-0.3, -0.25) is 23.5 Å². The molecule has 11 heteroatoms. The van der Waals surface area contributed by atoms with Gasteiger partial charge in [-0.15, -0.1) is 10.8 Å². The van der Waals surface area contributed by atoms with Gasteiger partial charge in [0.05, 0.1) is 11.3 Å². The summed E-state index contributed by atoms with van der Waals surface area (Å²) < 4.78 is 24.0. The standard InChI is InChI=1S/C23H27ClN4O5S/c24-17-4-2-16(3-5-17)14-25-20(29)18-6-7-19-22(31)26(11-12-27(19)21(18)30)15-23(8-9-23)28-10-1-13-34(28,32)33/h2-7,32-33H,1,8-15H2,(H,25,29). The molecule has 1 aromatic carbocycles. The minimum Gasteiger partial charge on any atom is -0.348 e. The summed E-state index contributed by atoms with van der Waals surface area (Å²) in [7, 11) is -2.77. The van der Waals surface area contributed by atoms with E-state index < -0.39 is 27.8 Å². The lowest BCUT2D eigenvalue weighted by Gasteiger charge is -2.44. The molecule has 2 fully saturated rings. The van der Waals surface area contributed by atoms with Crippen molar-refractivity contribution in [1.29, 1.82) is 0 Å². The fourth-order valence-corrected chi connectivity index (χ4v) is 7.01. The maximum absolute atomic E-state index is 13.2. The topological polar surface area (TPSA) is 115 Å². The van der Waals surface area contributed by atoms with E-state index in [-0.39, 0.29) is 30.3 Å². The quantitative estimate of drug-likeness (QED) is 0.555. The van der Waals surface area contributed by atoms with E-state index in [2.05, 4.69) is 5.32 Å². The lowest BCUT2D eigenvalue weighted by molar-refractivity contribution is 0.0643. The number of rotatable bonds is 6. The first-order chi connectivity index (χ1) is 16.2. The molecule has 0 spiro atoms. The van der Waals surface area contributed by atoms with Crippen molar-refractivity contribution in [2.45, 2.75) is 37.9 Å². The highest BCUT2D eigenvalue weighted by atomic mass is 35.5. The lowest BCUT2D eigenvalue weighted by atomic mass is 10.1. The number of carbonyl (C=O) groups is 2. The first kappa shape index (κ1) is 23.4. The van der Waals surface area contributed by atoms with Crippen molar-refractivity contribution in [3.8, 4) is 0 Å². The highest BCUT2D eigenvalue weighted by Crippen LogP contribution is 2.59. The fourth-order valence-electron chi connectivity index (χ4n) is 4.87. The normalized spacial score (nSPS) is 21.7.